The topological polar surface area (TPSA) is 73.6 Å². The Hall–Kier alpha value is -2.69. The van der Waals surface area contributed by atoms with Crippen molar-refractivity contribution in [1.82, 2.24) is 5.32 Å². The Labute approximate surface area is 136 Å². The van der Waals surface area contributed by atoms with Gasteiger partial charge in [-0.05, 0) is 49.7 Å². The van der Waals surface area contributed by atoms with E-state index < -0.39 is 0 Å². The molecule has 0 spiro atoms. The van der Waals surface area contributed by atoms with E-state index in [1.54, 1.807) is 26.4 Å². The SMILES string of the molecule is COc1ccc(OC)c(C(C)NC(=O)c2cc(N)ccc2C)c1. The summed E-state index contributed by atoms with van der Waals surface area (Å²) in [5.74, 6) is 1.23. The summed E-state index contributed by atoms with van der Waals surface area (Å²) in [6.07, 6.45) is 0. The maximum Gasteiger partial charge on any atom is 0.252 e. The van der Waals surface area contributed by atoms with Crippen LogP contribution in [0.2, 0.25) is 0 Å². The Bertz CT molecular complexity index is 713. The summed E-state index contributed by atoms with van der Waals surface area (Å²) in [6.45, 7) is 3.78. The van der Waals surface area contributed by atoms with E-state index in [9.17, 15) is 4.79 Å². The van der Waals surface area contributed by atoms with Crippen LogP contribution in [-0.2, 0) is 0 Å². The molecule has 0 aliphatic rings. The van der Waals surface area contributed by atoms with Gasteiger partial charge in [0.15, 0.2) is 0 Å². The third kappa shape index (κ3) is 3.74. The lowest BCUT2D eigenvalue weighted by atomic mass is 10.0. The number of hydrogen-bond acceptors (Lipinski definition) is 4. The minimum Gasteiger partial charge on any atom is -0.497 e. The van der Waals surface area contributed by atoms with Gasteiger partial charge in [0.25, 0.3) is 5.91 Å². The molecule has 0 saturated carbocycles. The van der Waals surface area contributed by atoms with Crippen molar-refractivity contribution in [2.24, 2.45) is 0 Å². The van der Waals surface area contributed by atoms with Crippen LogP contribution in [-0.4, -0.2) is 20.1 Å². The Morgan fingerprint density at radius 1 is 1.13 bits per heavy atom. The molecule has 1 amide bonds. The molecule has 0 saturated heterocycles. The van der Waals surface area contributed by atoms with E-state index in [2.05, 4.69) is 5.32 Å². The summed E-state index contributed by atoms with van der Waals surface area (Å²) in [7, 11) is 3.20. The van der Waals surface area contributed by atoms with E-state index >= 15 is 0 Å². The van der Waals surface area contributed by atoms with Crippen molar-refractivity contribution >= 4 is 11.6 Å². The highest BCUT2D eigenvalue weighted by molar-refractivity contribution is 5.96. The van der Waals surface area contributed by atoms with Crippen molar-refractivity contribution in [3.63, 3.8) is 0 Å². The average Bonchev–Trinajstić information content (AvgIpc) is 2.56. The summed E-state index contributed by atoms with van der Waals surface area (Å²) in [4.78, 5) is 12.5. The lowest BCUT2D eigenvalue weighted by Crippen LogP contribution is -2.27. The number of carbonyl (C=O) groups excluding carboxylic acids is 1. The van der Waals surface area contributed by atoms with Crippen molar-refractivity contribution < 1.29 is 14.3 Å². The first-order chi connectivity index (χ1) is 11.0. The summed E-state index contributed by atoms with van der Waals surface area (Å²) in [6, 6.07) is 10.5. The number of anilines is 1. The van der Waals surface area contributed by atoms with E-state index in [0.29, 0.717) is 22.7 Å². The maximum absolute atomic E-state index is 12.5. The van der Waals surface area contributed by atoms with Gasteiger partial charge in [0, 0.05) is 16.8 Å². The van der Waals surface area contributed by atoms with Gasteiger partial charge in [-0.3, -0.25) is 4.79 Å². The molecular weight excluding hydrogens is 292 g/mol. The number of amides is 1. The fourth-order valence-electron chi connectivity index (χ4n) is 2.41. The van der Waals surface area contributed by atoms with Crippen LogP contribution in [0.25, 0.3) is 0 Å². The molecule has 1 atom stereocenters. The first-order valence-corrected chi connectivity index (χ1v) is 7.35. The summed E-state index contributed by atoms with van der Waals surface area (Å²) in [5.41, 5.74) is 8.63. The van der Waals surface area contributed by atoms with E-state index in [1.165, 1.54) is 0 Å². The van der Waals surface area contributed by atoms with Gasteiger partial charge >= 0.3 is 0 Å². The minimum atomic E-state index is -0.242. The largest absolute Gasteiger partial charge is 0.497 e. The van der Waals surface area contributed by atoms with Crippen LogP contribution < -0.4 is 20.5 Å². The molecule has 0 fully saturated rings. The van der Waals surface area contributed by atoms with Gasteiger partial charge < -0.3 is 20.5 Å². The smallest absolute Gasteiger partial charge is 0.252 e. The van der Waals surface area contributed by atoms with Crippen LogP contribution in [0.1, 0.15) is 34.5 Å². The zero-order chi connectivity index (χ0) is 17.0. The van der Waals surface area contributed by atoms with Crippen LogP contribution >= 0.6 is 0 Å². The average molecular weight is 314 g/mol. The normalized spacial score (nSPS) is 11.7. The van der Waals surface area contributed by atoms with Gasteiger partial charge in [0.05, 0.1) is 20.3 Å². The third-order valence-electron chi connectivity index (χ3n) is 3.76. The second-order valence-corrected chi connectivity index (χ2v) is 5.38. The van der Waals surface area contributed by atoms with E-state index in [-0.39, 0.29) is 11.9 Å². The van der Waals surface area contributed by atoms with Crippen molar-refractivity contribution in [2.45, 2.75) is 19.9 Å². The number of rotatable bonds is 5. The predicted octanol–water partition coefficient (Wildman–Crippen LogP) is 3.09. The molecule has 2 aromatic carbocycles. The minimum absolute atomic E-state index is 0.174. The highest BCUT2D eigenvalue weighted by atomic mass is 16.5. The number of nitrogen functional groups attached to an aromatic ring is 1. The van der Waals surface area contributed by atoms with Crippen LogP contribution in [0.15, 0.2) is 36.4 Å². The molecule has 3 N–H and O–H groups in total. The molecule has 1 unspecified atom stereocenters. The van der Waals surface area contributed by atoms with E-state index in [4.69, 9.17) is 15.2 Å². The fraction of sp³-hybridized carbons (Fsp3) is 0.278. The van der Waals surface area contributed by atoms with Crippen molar-refractivity contribution in [2.75, 3.05) is 20.0 Å². The first kappa shape index (κ1) is 16.7. The zero-order valence-electron chi connectivity index (χ0n) is 13.8. The molecule has 2 aromatic rings. The zero-order valence-corrected chi connectivity index (χ0v) is 13.8. The van der Waals surface area contributed by atoms with Gasteiger partial charge in [-0.1, -0.05) is 6.07 Å². The number of aryl methyl sites for hydroxylation is 1. The Morgan fingerprint density at radius 3 is 2.52 bits per heavy atom. The molecule has 0 radical (unpaired) electrons. The van der Waals surface area contributed by atoms with Crippen molar-refractivity contribution in [1.29, 1.82) is 0 Å². The second kappa shape index (κ2) is 7.05. The molecule has 0 bridgehead atoms. The summed E-state index contributed by atoms with van der Waals surface area (Å²) < 4.78 is 10.6. The maximum atomic E-state index is 12.5. The predicted molar refractivity (Wildman–Crippen MR) is 91.0 cm³/mol. The van der Waals surface area contributed by atoms with Crippen molar-refractivity contribution in [3.05, 3.63) is 53.1 Å². The molecule has 122 valence electrons. The highest BCUT2D eigenvalue weighted by Crippen LogP contribution is 2.29. The lowest BCUT2D eigenvalue weighted by molar-refractivity contribution is 0.0939. The number of carbonyl (C=O) groups is 1. The fourth-order valence-corrected chi connectivity index (χ4v) is 2.41. The van der Waals surface area contributed by atoms with Gasteiger partial charge in [0.1, 0.15) is 11.5 Å². The summed E-state index contributed by atoms with van der Waals surface area (Å²) >= 11 is 0. The molecule has 0 aliphatic heterocycles. The van der Waals surface area contributed by atoms with Gasteiger partial charge in [-0.25, -0.2) is 0 Å². The number of nitrogens with one attached hydrogen (secondary N) is 1. The number of methoxy groups -OCH3 is 2. The second-order valence-electron chi connectivity index (χ2n) is 5.38. The molecule has 23 heavy (non-hydrogen) atoms. The Balaban J connectivity index is 2.26. The molecule has 2 rings (SSSR count). The lowest BCUT2D eigenvalue weighted by Gasteiger charge is -2.19. The van der Waals surface area contributed by atoms with Gasteiger partial charge in [0.2, 0.25) is 0 Å². The van der Waals surface area contributed by atoms with Gasteiger partial charge in [-0.2, -0.15) is 0 Å². The standard InChI is InChI=1S/C18H22N2O3/c1-11-5-6-13(19)9-15(11)18(21)20-12(2)16-10-14(22-3)7-8-17(16)23-4/h5-10,12H,19H2,1-4H3,(H,20,21). The first-order valence-electron chi connectivity index (χ1n) is 7.35. The van der Waals surface area contributed by atoms with Crippen LogP contribution in [0, 0.1) is 6.92 Å². The highest BCUT2D eigenvalue weighted by Gasteiger charge is 2.17. The monoisotopic (exact) mass is 314 g/mol. The van der Waals surface area contributed by atoms with Gasteiger partial charge in [-0.15, -0.1) is 0 Å². The molecule has 0 aromatic heterocycles. The molecule has 5 heteroatoms. The van der Waals surface area contributed by atoms with E-state index in [1.807, 2.05) is 38.1 Å². The molecule has 5 nitrogen and oxygen atoms in total. The van der Waals surface area contributed by atoms with E-state index in [0.717, 1.165) is 11.1 Å². The summed E-state index contributed by atoms with van der Waals surface area (Å²) in [5, 5.41) is 2.98. The third-order valence-corrected chi connectivity index (χ3v) is 3.76. The number of nitrogens with two attached hydrogens (primary N) is 1. The van der Waals surface area contributed by atoms with Crippen LogP contribution in [0.3, 0.4) is 0 Å². The van der Waals surface area contributed by atoms with Crippen molar-refractivity contribution in [3.8, 4) is 11.5 Å². The van der Waals surface area contributed by atoms with Crippen LogP contribution in [0.5, 0.6) is 11.5 Å². The Morgan fingerprint density at radius 2 is 1.87 bits per heavy atom. The number of hydrogen-bond donors (Lipinski definition) is 2. The molecule has 0 aliphatic carbocycles. The molecule has 0 heterocycles. The Kier molecular flexibility index (Phi) is 5.11. The number of ether oxygens (including phenoxy) is 2. The molecular formula is C18H22N2O3. The number of benzene rings is 2. The quantitative estimate of drug-likeness (QED) is 0.832. The van der Waals surface area contributed by atoms with Crippen LogP contribution in [0.4, 0.5) is 5.69 Å².